The number of hydrogen-bond donors (Lipinski definition) is 2. The Morgan fingerprint density at radius 2 is 2.00 bits per heavy atom. The number of fused-ring (bicyclic) bond motifs is 3. The van der Waals surface area contributed by atoms with E-state index in [1.165, 1.54) is 0 Å². The molecule has 1 aliphatic rings. The van der Waals surface area contributed by atoms with Gasteiger partial charge in [0.25, 0.3) is 0 Å². The number of H-pyrrole nitrogens is 1. The van der Waals surface area contributed by atoms with E-state index < -0.39 is 0 Å². The van der Waals surface area contributed by atoms with E-state index >= 15 is 0 Å². The maximum atomic E-state index is 5.98. The highest BCUT2D eigenvalue weighted by molar-refractivity contribution is 6.30. The average Bonchev–Trinajstić information content (AvgIpc) is 3.34. The Balaban J connectivity index is 1.46. The predicted octanol–water partition coefficient (Wildman–Crippen LogP) is 4.25. The molecule has 3 unspecified atom stereocenters. The lowest BCUT2D eigenvalue weighted by Crippen LogP contribution is -2.15. The van der Waals surface area contributed by atoms with Gasteiger partial charge in [-0.15, -0.1) is 10.2 Å². The van der Waals surface area contributed by atoms with Gasteiger partial charge in [0, 0.05) is 28.9 Å². The van der Waals surface area contributed by atoms with Crippen LogP contribution in [0.4, 0.5) is 5.69 Å². The molecule has 1 saturated carbocycles. The number of nitrogens with one attached hydrogen (secondary N) is 2. The van der Waals surface area contributed by atoms with Crippen LogP contribution in [0.15, 0.2) is 42.7 Å². The number of aromatic nitrogens is 5. The molecule has 3 aromatic heterocycles. The Hall–Kier alpha value is -2.60. The van der Waals surface area contributed by atoms with Crippen LogP contribution in [0.3, 0.4) is 0 Å². The molecule has 6 nitrogen and oxygen atoms in total. The fourth-order valence-electron chi connectivity index (χ4n) is 4.15. The van der Waals surface area contributed by atoms with Crippen molar-refractivity contribution in [3.05, 3.63) is 53.6 Å². The van der Waals surface area contributed by atoms with Gasteiger partial charge in [0.1, 0.15) is 5.82 Å². The molecule has 3 atom stereocenters. The third-order valence-corrected chi connectivity index (χ3v) is 5.65. The molecule has 5 rings (SSSR count). The van der Waals surface area contributed by atoms with Gasteiger partial charge in [-0.1, -0.05) is 18.5 Å². The maximum absolute atomic E-state index is 5.98. The molecule has 1 fully saturated rings. The van der Waals surface area contributed by atoms with Crippen LogP contribution < -0.4 is 5.32 Å². The summed E-state index contributed by atoms with van der Waals surface area (Å²) in [5, 5.41) is 13.3. The molecule has 26 heavy (non-hydrogen) atoms. The van der Waals surface area contributed by atoms with Crippen molar-refractivity contribution >= 4 is 34.1 Å². The zero-order chi connectivity index (χ0) is 17.7. The quantitative estimate of drug-likeness (QED) is 0.568. The molecule has 1 aliphatic carbocycles. The third kappa shape index (κ3) is 2.52. The van der Waals surface area contributed by atoms with Gasteiger partial charge < -0.3 is 10.3 Å². The number of nitrogens with zero attached hydrogens (tertiary/aromatic N) is 4. The van der Waals surface area contributed by atoms with Crippen LogP contribution in [-0.2, 0) is 0 Å². The molecule has 4 aromatic rings. The van der Waals surface area contributed by atoms with E-state index in [2.05, 4.69) is 36.8 Å². The average molecular weight is 367 g/mol. The van der Waals surface area contributed by atoms with Crippen molar-refractivity contribution in [1.82, 2.24) is 24.6 Å². The van der Waals surface area contributed by atoms with Crippen LogP contribution in [0.1, 0.15) is 31.5 Å². The summed E-state index contributed by atoms with van der Waals surface area (Å²) in [5.74, 6) is 1.91. The zero-order valence-electron chi connectivity index (χ0n) is 14.4. The van der Waals surface area contributed by atoms with E-state index in [0.29, 0.717) is 17.9 Å². The monoisotopic (exact) mass is 366 g/mol. The Labute approximate surface area is 155 Å². The minimum atomic E-state index is 0.357. The lowest BCUT2D eigenvalue weighted by atomic mass is 9.97. The lowest BCUT2D eigenvalue weighted by molar-refractivity contribution is 0.507. The first-order chi connectivity index (χ1) is 12.7. The molecule has 1 aromatic carbocycles. The third-order valence-electron chi connectivity index (χ3n) is 5.40. The first-order valence-electron chi connectivity index (χ1n) is 8.88. The Morgan fingerprint density at radius 1 is 1.15 bits per heavy atom. The molecule has 3 heterocycles. The lowest BCUT2D eigenvalue weighted by Gasteiger charge is -2.14. The van der Waals surface area contributed by atoms with E-state index in [1.807, 2.05) is 36.5 Å². The van der Waals surface area contributed by atoms with Crippen molar-refractivity contribution in [2.75, 3.05) is 5.32 Å². The van der Waals surface area contributed by atoms with Crippen molar-refractivity contribution in [2.24, 2.45) is 5.92 Å². The summed E-state index contributed by atoms with van der Waals surface area (Å²) in [6.07, 6.45) is 5.81. The van der Waals surface area contributed by atoms with Crippen LogP contribution in [0.2, 0.25) is 5.02 Å². The molecular formula is C19H19ClN6. The van der Waals surface area contributed by atoms with Crippen LogP contribution in [0.5, 0.6) is 0 Å². The summed E-state index contributed by atoms with van der Waals surface area (Å²) in [6.45, 7) is 2.30. The number of benzene rings is 1. The fraction of sp³-hybridized carbons (Fsp3) is 0.316. The molecule has 0 spiro atoms. The van der Waals surface area contributed by atoms with Gasteiger partial charge in [0.05, 0.1) is 11.7 Å². The van der Waals surface area contributed by atoms with Crippen LogP contribution in [-0.4, -0.2) is 30.6 Å². The Kier molecular flexibility index (Phi) is 3.60. The molecular weight excluding hydrogens is 348 g/mol. The smallest absolute Gasteiger partial charge is 0.179 e. The highest BCUT2D eigenvalue weighted by Gasteiger charge is 2.35. The second kappa shape index (κ2) is 5.99. The summed E-state index contributed by atoms with van der Waals surface area (Å²) >= 11 is 5.98. The Bertz CT molecular complexity index is 1070. The standard InChI is InChI=1S/C19H19ClN6/c1-11-8-14(23-13-4-2-12(20)3-5-13)9-15(11)19-25-24-17-10-22-18-16(26(17)19)6-7-21-18/h2-7,10-11,14-15,21,23H,8-9H2,1H3. The SMILES string of the molecule is CC1CC(Nc2ccc(Cl)cc2)CC1c1nnc2cnc3[nH]ccc3n12. The van der Waals surface area contributed by atoms with Crippen LogP contribution in [0.25, 0.3) is 16.8 Å². The molecule has 0 aliphatic heterocycles. The van der Waals surface area contributed by atoms with Gasteiger partial charge in [-0.25, -0.2) is 4.98 Å². The van der Waals surface area contributed by atoms with E-state index in [9.17, 15) is 0 Å². The van der Waals surface area contributed by atoms with Gasteiger partial charge in [0.15, 0.2) is 11.3 Å². The van der Waals surface area contributed by atoms with E-state index in [1.54, 1.807) is 6.20 Å². The van der Waals surface area contributed by atoms with Gasteiger partial charge in [0.2, 0.25) is 0 Å². The summed E-state index contributed by atoms with van der Waals surface area (Å²) in [6, 6.07) is 10.3. The zero-order valence-corrected chi connectivity index (χ0v) is 15.1. The molecule has 0 bridgehead atoms. The molecule has 7 heteroatoms. The van der Waals surface area contributed by atoms with Crippen LogP contribution in [0, 0.1) is 5.92 Å². The summed E-state index contributed by atoms with van der Waals surface area (Å²) in [5.41, 5.74) is 3.80. The second-order valence-corrected chi connectivity index (χ2v) is 7.56. The van der Waals surface area contributed by atoms with Crippen molar-refractivity contribution < 1.29 is 0 Å². The largest absolute Gasteiger partial charge is 0.382 e. The first kappa shape index (κ1) is 15.6. The van der Waals surface area contributed by atoms with Crippen molar-refractivity contribution in [3.63, 3.8) is 0 Å². The molecule has 2 N–H and O–H groups in total. The highest BCUT2D eigenvalue weighted by Crippen LogP contribution is 2.40. The molecule has 0 saturated heterocycles. The number of aromatic amines is 1. The van der Waals surface area contributed by atoms with Crippen molar-refractivity contribution in [3.8, 4) is 0 Å². The summed E-state index contributed by atoms with van der Waals surface area (Å²) < 4.78 is 2.14. The second-order valence-electron chi connectivity index (χ2n) is 7.12. The number of rotatable bonds is 3. The maximum Gasteiger partial charge on any atom is 0.179 e. The van der Waals surface area contributed by atoms with Gasteiger partial charge in [-0.05, 0) is 49.1 Å². The number of halogens is 1. The topological polar surface area (TPSA) is 70.9 Å². The first-order valence-corrected chi connectivity index (χ1v) is 9.26. The molecule has 0 radical (unpaired) electrons. The van der Waals surface area contributed by atoms with Crippen molar-refractivity contribution in [2.45, 2.75) is 31.7 Å². The predicted molar refractivity (Wildman–Crippen MR) is 103 cm³/mol. The van der Waals surface area contributed by atoms with E-state index in [-0.39, 0.29) is 0 Å². The van der Waals surface area contributed by atoms with E-state index in [4.69, 9.17) is 11.6 Å². The summed E-state index contributed by atoms with van der Waals surface area (Å²) in [7, 11) is 0. The van der Waals surface area contributed by atoms with Crippen molar-refractivity contribution in [1.29, 1.82) is 0 Å². The molecule has 132 valence electrons. The number of hydrogen-bond acceptors (Lipinski definition) is 4. The number of anilines is 1. The fourth-order valence-corrected chi connectivity index (χ4v) is 4.27. The minimum absolute atomic E-state index is 0.357. The molecule has 0 amide bonds. The minimum Gasteiger partial charge on any atom is -0.382 e. The van der Waals surface area contributed by atoms with Gasteiger partial charge in [-0.3, -0.25) is 4.40 Å². The van der Waals surface area contributed by atoms with Gasteiger partial charge >= 0.3 is 0 Å². The van der Waals surface area contributed by atoms with E-state index in [0.717, 1.165) is 46.2 Å². The Morgan fingerprint density at radius 3 is 2.85 bits per heavy atom. The van der Waals surface area contributed by atoms with Crippen LogP contribution >= 0.6 is 11.6 Å². The highest BCUT2D eigenvalue weighted by atomic mass is 35.5. The normalized spacial score (nSPS) is 23.1. The van der Waals surface area contributed by atoms with Gasteiger partial charge in [-0.2, -0.15) is 0 Å². The summed E-state index contributed by atoms with van der Waals surface area (Å²) in [4.78, 5) is 7.57.